The number of nitrogens with two attached hydrogens (primary N) is 1. The van der Waals surface area contributed by atoms with E-state index in [0.29, 0.717) is 12.0 Å². The molecule has 0 fully saturated rings. The highest BCUT2D eigenvalue weighted by Crippen LogP contribution is 2.30. The molecule has 136 valence electrons. The Bertz CT molecular complexity index is 692. The molecule has 0 saturated heterocycles. The number of halogens is 4. The van der Waals surface area contributed by atoms with Gasteiger partial charge in [-0.3, -0.25) is 4.79 Å². The van der Waals surface area contributed by atoms with E-state index in [2.05, 4.69) is 5.32 Å². The summed E-state index contributed by atoms with van der Waals surface area (Å²) in [5.74, 6) is -0.399. The molecular weight excluding hydrogens is 353 g/mol. The Hall–Kier alpha value is -2.05. The molecule has 1 amide bonds. The Morgan fingerprint density at radius 3 is 2.36 bits per heavy atom. The summed E-state index contributed by atoms with van der Waals surface area (Å²) >= 11 is 0. The lowest BCUT2D eigenvalue weighted by Gasteiger charge is -2.19. The van der Waals surface area contributed by atoms with Crippen LogP contribution in [-0.2, 0) is 17.4 Å². The van der Waals surface area contributed by atoms with Crippen molar-refractivity contribution in [3.8, 4) is 0 Å². The summed E-state index contributed by atoms with van der Waals surface area (Å²) in [7, 11) is 0. The van der Waals surface area contributed by atoms with Gasteiger partial charge in [-0.05, 0) is 36.6 Å². The monoisotopic (exact) mass is 372 g/mol. The lowest BCUT2D eigenvalue weighted by atomic mass is 10.0. The topological polar surface area (TPSA) is 55.1 Å². The van der Waals surface area contributed by atoms with E-state index < -0.39 is 29.7 Å². The Labute approximate surface area is 150 Å². The van der Waals surface area contributed by atoms with Gasteiger partial charge in [0.25, 0.3) is 0 Å². The van der Waals surface area contributed by atoms with E-state index in [0.717, 1.165) is 17.7 Å². The van der Waals surface area contributed by atoms with Gasteiger partial charge in [0.05, 0.1) is 17.6 Å². The normalized spacial score (nSPS) is 13.5. The number of nitrogens with one attached hydrogen (secondary N) is 1. The third-order valence-corrected chi connectivity index (χ3v) is 3.71. The van der Waals surface area contributed by atoms with Gasteiger partial charge < -0.3 is 11.1 Å². The molecule has 0 saturated carbocycles. The van der Waals surface area contributed by atoms with Crippen molar-refractivity contribution in [3.05, 3.63) is 71.3 Å². The van der Waals surface area contributed by atoms with E-state index in [-0.39, 0.29) is 12.4 Å². The number of carbonyl (C=O) groups excluding carboxylic acids is 1. The minimum absolute atomic E-state index is 0. The first kappa shape index (κ1) is 21.0. The molecule has 0 bridgehead atoms. The van der Waals surface area contributed by atoms with E-state index in [1.54, 1.807) is 13.0 Å². The average Bonchev–Trinajstić information content (AvgIpc) is 2.55. The molecule has 0 aliphatic heterocycles. The lowest BCUT2D eigenvalue weighted by molar-refractivity contribution is -0.137. The van der Waals surface area contributed by atoms with Crippen LogP contribution in [0.15, 0.2) is 54.6 Å². The van der Waals surface area contributed by atoms with Gasteiger partial charge in [-0.15, -0.1) is 12.4 Å². The second kappa shape index (κ2) is 8.87. The fourth-order valence-electron chi connectivity index (χ4n) is 2.35. The number of hydrogen-bond donors (Lipinski definition) is 2. The zero-order valence-corrected chi connectivity index (χ0v) is 14.4. The number of alkyl halides is 3. The highest BCUT2D eigenvalue weighted by Gasteiger charge is 2.30. The fourth-order valence-corrected chi connectivity index (χ4v) is 2.35. The molecule has 0 aromatic heterocycles. The zero-order valence-electron chi connectivity index (χ0n) is 13.6. The second-order valence-corrected chi connectivity index (χ2v) is 5.65. The van der Waals surface area contributed by atoms with Crippen LogP contribution in [0, 0.1) is 0 Å². The predicted octanol–water partition coefficient (Wildman–Crippen LogP) is 3.87. The predicted molar refractivity (Wildman–Crippen MR) is 93.4 cm³/mol. The Kier molecular flexibility index (Phi) is 7.45. The number of benzene rings is 2. The summed E-state index contributed by atoms with van der Waals surface area (Å²) in [6, 6.07) is 12.9. The van der Waals surface area contributed by atoms with E-state index in [9.17, 15) is 18.0 Å². The van der Waals surface area contributed by atoms with Crippen molar-refractivity contribution in [3.63, 3.8) is 0 Å². The molecule has 0 radical (unpaired) electrons. The van der Waals surface area contributed by atoms with Gasteiger partial charge >= 0.3 is 6.18 Å². The van der Waals surface area contributed by atoms with Gasteiger partial charge in [-0.25, -0.2) is 0 Å². The van der Waals surface area contributed by atoms with E-state index in [1.807, 2.05) is 30.3 Å². The molecule has 25 heavy (non-hydrogen) atoms. The van der Waals surface area contributed by atoms with E-state index in [4.69, 9.17) is 5.73 Å². The maximum absolute atomic E-state index is 12.8. The molecule has 2 atom stereocenters. The minimum Gasteiger partial charge on any atom is -0.348 e. The summed E-state index contributed by atoms with van der Waals surface area (Å²) < 4.78 is 38.3. The van der Waals surface area contributed by atoms with Crippen molar-refractivity contribution in [2.24, 2.45) is 5.73 Å². The SMILES string of the molecule is CC(NC(=O)[C@@H](N)Cc1ccccc1)c1cccc(C(F)(F)F)c1.Cl. The zero-order chi connectivity index (χ0) is 17.7. The molecule has 2 aromatic carbocycles. The minimum atomic E-state index is -4.41. The first-order chi connectivity index (χ1) is 11.3. The lowest BCUT2D eigenvalue weighted by Crippen LogP contribution is -2.43. The molecular formula is C18H20ClF3N2O. The first-order valence-corrected chi connectivity index (χ1v) is 7.54. The number of rotatable bonds is 5. The standard InChI is InChI=1S/C18H19F3N2O.ClH/c1-12(14-8-5-9-15(11-14)18(19,20)21)23-17(24)16(22)10-13-6-3-2-4-7-13;/h2-9,11-12,16H,10,22H2,1H3,(H,23,24);1H/t12?,16-;/m0./s1. The van der Waals surface area contributed by atoms with Crippen molar-refractivity contribution in [1.29, 1.82) is 0 Å². The van der Waals surface area contributed by atoms with Crippen LogP contribution < -0.4 is 11.1 Å². The van der Waals surface area contributed by atoms with Gasteiger partial charge in [0.1, 0.15) is 0 Å². The Balaban J connectivity index is 0.00000312. The summed E-state index contributed by atoms with van der Waals surface area (Å²) in [6.07, 6.45) is -4.05. The van der Waals surface area contributed by atoms with Gasteiger partial charge in [-0.1, -0.05) is 42.5 Å². The van der Waals surface area contributed by atoms with Gasteiger partial charge in [-0.2, -0.15) is 13.2 Å². The maximum atomic E-state index is 12.8. The smallest absolute Gasteiger partial charge is 0.348 e. The highest BCUT2D eigenvalue weighted by molar-refractivity contribution is 5.85. The van der Waals surface area contributed by atoms with Crippen LogP contribution in [0.3, 0.4) is 0 Å². The van der Waals surface area contributed by atoms with Crippen LogP contribution in [0.25, 0.3) is 0 Å². The van der Waals surface area contributed by atoms with Crippen LogP contribution in [0.4, 0.5) is 13.2 Å². The Morgan fingerprint density at radius 1 is 1.12 bits per heavy atom. The van der Waals surface area contributed by atoms with Crippen molar-refractivity contribution >= 4 is 18.3 Å². The quantitative estimate of drug-likeness (QED) is 0.837. The largest absolute Gasteiger partial charge is 0.416 e. The first-order valence-electron chi connectivity index (χ1n) is 7.54. The molecule has 3 N–H and O–H groups in total. The number of carbonyl (C=O) groups is 1. The van der Waals surface area contributed by atoms with Crippen LogP contribution in [-0.4, -0.2) is 11.9 Å². The maximum Gasteiger partial charge on any atom is 0.416 e. The molecule has 0 aliphatic rings. The summed E-state index contributed by atoms with van der Waals surface area (Å²) in [6.45, 7) is 1.63. The van der Waals surface area contributed by atoms with Crippen molar-refractivity contribution in [2.45, 2.75) is 31.6 Å². The molecule has 0 aliphatic carbocycles. The van der Waals surface area contributed by atoms with Crippen molar-refractivity contribution in [2.75, 3.05) is 0 Å². The van der Waals surface area contributed by atoms with E-state index in [1.165, 1.54) is 6.07 Å². The fraction of sp³-hybridized carbons (Fsp3) is 0.278. The molecule has 7 heteroatoms. The summed E-state index contributed by atoms with van der Waals surface area (Å²) in [4.78, 5) is 12.2. The molecule has 3 nitrogen and oxygen atoms in total. The molecule has 0 heterocycles. The van der Waals surface area contributed by atoms with Crippen molar-refractivity contribution in [1.82, 2.24) is 5.32 Å². The molecule has 2 aromatic rings. The van der Waals surface area contributed by atoms with Gasteiger partial charge in [0.15, 0.2) is 0 Å². The number of amides is 1. The highest BCUT2D eigenvalue weighted by atomic mass is 35.5. The van der Waals surface area contributed by atoms with Gasteiger partial charge in [0, 0.05) is 0 Å². The average molecular weight is 373 g/mol. The van der Waals surface area contributed by atoms with Gasteiger partial charge in [0.2, 0.25) is 5.91 Å². The van der Waals surface area contributed by atoms with Crippen molar-refractivity contribution < 1.29 is 18.0 Å². The second-order valence-electron chi connectivity index (χ2n) is 5.65. The van der Waals surface area contributed by atoms with E-state index >= 15 is 0 Å². The van der Waals surface area contributed by atoms with Crippen LogP contribution in [0.1, 0.15) is 29.7 Å². The van der Waals surface area contributed by atoms with Crippen LogP contribution in [0.2, 0.25) is 0 Å². The molecule has 1 unspecified atom stereocenters. The van der Waals surface area contributed by atoms with Crippen LogP contribution >= 0.6 is 12.4 Å². The summed E-state index contributed by atoms with van der Waals surface area (Å²) in [5.41, 5.74) is 6.44. The Morgan fingerprint density at radius 2 is 1.76 bits per heavy atom. The third kappa shape index (κ3) is 6.07. The van der Waals surface area contributed by atoms with Crippen LogP contribution in [0.5, 0.6) is 0 Å². The summed E-state index contributed by atoms with van der Waals surface area (Å²) in [5, 5.41) is 2.66. The number of hydrogen-bond acceptors (Lipinski definition) is 2. The molecule has 0 spiro atoms. The molecule has 2 rings (SSSR count). The third-order valence-electron chi connectivity index (χ3n) is 3.71.